The fourth-order valence-electron chi connectivity index (χ4n) is 2.94. The summed E-state index contributed by atoms with van der Waals surface area (Å²) < 4.78 is 1.58. The average molecular weight is 390 g/mol. The van der Waals surface area contributed by atoms with E-state index in [1.165, 1.54) is 11.3 Å². The first-order valence-corrected chi connectivity index (χ1v) is 9.62. The van der Waals surface area contributed by atoms with Crippen molar-refractivity contribution >= 4 is 39.1 Å². The van der Waals surface area contributed by atoms with Crippen molar-refractivity contribution in [3.05, 3.63) is 50.3 Å². The van der Waals surface area contributed by atoms with Gasteiger partial charge in [-0.3, -0.25) is 14.2 Å². The Kier molecular flexibility index (Phi) is 5.16. The molecule has 0 aliphatic rings. The van der Waals surface area contributed by atoms with Crippen LogP contribution in [0.25, 0.3) is 21.3 Å². The maximum atomic E-state index is 13.2. The van der Waals surface area contributed by atoms with Gasteiger partial charge in [-0.05, 0) is 30.2 Å². The summed E-state index contributed by atoms with van der Waals surface area (Å²) in [5.74, 6) is 0.290. The van der Waals surface area contributed by atoms with Crippen LogP contribution in [0.5, 0.6) is 0 Å². The number of thiophene rings is 1. The van der Waals surface area contributed by atoms with Gasteiger partial charge in [0.2, 0.25) is 5.91 Å². The van der Waals surface area contributed by atoms with Crippen molar-refractivity contribution in [3.8, 4) is 11.1 Å². The first kappa shape index (κ1) is 18.6. The Morgan fingerprint density at radius 2 is 2.12 bits per heavy atom. The van der Waals surface area contributed by atoms with Crippen LogP contribution in [-0.2, 0) is 11.3 Å². The number of nitrogens with two attached hydrogens (primary N) is 1. The highest BCUT2D eigenvalue weighted by Crippen LogP contribution is 2.33. The second-order valence-corrected chi connectivity index (χ2v) is 7.86. The smallest absolute Gasteiger partial charge is 0.262 e. The zero-order chi connectivity index (χ0) is 19.0. The number of aryl methyl sites for hydroxylation is 1. The molecule has 0 radical (unpaired) electrons. The van der Waals surface area contributed by atoms with Gasteiger partial charge in [0.25, 0.3) is 5.56 Å². The lowest BCUT2D eigenvalue weighted by atomic mass is 10.0. The predicted octanol–water partition coefficient (Wildman–Crippen LogP) is 4.09. The highest BCUT2D eigenvalue weighted by atomic mass is 35.5. The van der Waals surface area contributed by atoms with Gasteiger partial charge in [0.1, 0.15) is 10.7 Å². The Balaban J connectivity index is 2.25. The molecule has 136 valence electrons. The highest BCUT2D eigenvalue weighted by Gasteiger charge is 2.19. The molecule has 0 saturated heterocycles. The Bertz CT molecular complexity index is 1050. The minimum absolute atomic E-state index is 0.0586. The van der Waals surface area contributed by atoms with Gasteiger partial charge in [0, 0.05) is 34.8 Å². The third kappa shape index (κ3) is 3.39. The van der Waals surface area contributed by atoms with E-state index >= 15 is 0 Å². The second kappa shape index (κ2) is 7.21. The highest BCUT2D eigenvalue weighted by molar-refractivity contribution is 7.17. The monoisotopic (exact) mass is 389 g/mol. The standard InChI is InChI=1S/C19H20ClN3O2S/c1-10(2)17-22-18-16(19(25)23(17)7-6-15(21)24)13(9-26-18)12-4-5-14(20)11(3)8-12/h4-5,8-10H,6-7H2,1-3H3,(H2,21,24). The van der Waals surface area contributed by atoms with Gasteiger partial charge in [-0.2, -0.15) is 0 Å². The molecule has 1 aromatic carbocycles. The third-order valence-electron chi connectivity index (χ3n) is 4.29. The number of carbonyl (C=O) groups is 1. The molecule has 0 aliphatic carbocycles. The summed E-state index contributed by atoms with van der Waals surface area (Å²) in [5, 5.41) is 3.21. The summed E-state index contributed by atoms with van der Waals surface area (Å²) in [6.07, 6.45) is 0.104. The molecule has 5 nitrogen and oxygen atoms in total. The van der Waals surface area contributed by atoms with Crippen molar-refractivity contribution in [2.45, 2.75) is 39.7 Å². The number of fused-ring (bicyclic) bond motifs is 1. The van der Waals surface area contributed by atoms with E-state index in [0.717, 1.165) is 16.7 Å². The van der Waals surface area contributed by atoms with Gasteiger partial charge >= 0.3 is 0 Å². The molecular weight excluding hydrogens is 370 g/mol. The first-order valence-electron chi connectivity index (χ1n) is 8.36. The predicted molar refractivity (Wildman–Crippen MR) is 107 cm³/mol. The Morgan fingerprint density at radius 3 is 2.73 bits per heavy atom. The number of nitrogens with zero attached hydrogens (tertiary/aromatic N) is 2. The Labute approximate surface area is 160 Å². The fraction of sp³-hybridized carbons (Fsp3) is 0.316. The van der Waals surface area contributed by atoms with E-state index in [0.29, 0.717) is 21.1 Å². The quantitative estimate of drug-likeness (QED) is 0.713. The topological polar surface area (TPSA) is 78.0 Å². The molecule has 0 bridgehead atoms. The van der Waals surface area contributed by atoms with Crippen LogP contribution >= 0.6 is 22.9 Å². The maximum absolute atomic E-state index is 13.2. The molecule has 3 rings (SSSR count). The third-order valence-corrected chi connectivity index (χ3v) is 5.59. The van der Waals surface area contributed by atoms with Crippen LogP contribution in [-0.4, -0.2) is 15.5 Å². The largest absolute Gasteiger partial charge is 0.370 e. The van der Waals surface area contributed by atoms with Crippen molar-refractivity contribution in [1.82, 2.24) is 9.55 Å². The van der Waals surface area contributed by atoms with Gasteiger partial charge < -0.3 is 5.73 Å². The lowest BCUT2D eigenvalue weighted by molar-refractivity contribution is -0.118. The number of carbonyl (C=O) groups excluding carboxylic acids is 1. The van der Waals surface area contributed by atoms with Crippen molar-refractivity contribution in [3.63, 3.8) is 0 Å². The number of amides is 1. The van der Waals surface area contributed by atoms with Gasteiger partial charge in [-0.25, -0.2) is 4.98 Å². The molecule has 0 aliphatic heterocycles. The van der Waals surface area contributed by atoms with E-state index in [1.54, 1.807) is 4.57 Å². The summed E-state index contributed by atoms with van der Waals surface area (Å²) in [5.41, 5.74) is 7.85. The molecule has 0 fully saturated rings. The van der Waals surface area contributed by atoms with Crippen LogP contribution < -0.4 is 11.3 Å². The molecule has 0 unspecified atom stereocenters. The van der Waals surface area contributed by atoms with E-state index in [4.69, 9.17) is 22.3 Å². The summed E-state index contributed by atoms with van der Waals surface area (Å²) in [7, 11) is 0. The number of rotatable bonds is 5. The number of halogens is 1. The van der Waals surface area contributed by atoms with Crippen LogP contribution in [0.3, 0.4) is 0 Å². The molecule has 0 atom stereocenters. The Hall–Kier alpha value is -2.18. The van der Waals surface area contributed by atoms with Crippen molar-refractivity contribution in [2.75, 3.05) is 0 Å². The number of benzene rings is 1. The fourth-order valence-corrected chi connectivity index (χ4v) is 4.01. The molecule has 0 spiro atoms. The number of hydrogen-bond acceptors (Lipinski definition) is 4. The summed E-state index contributed by atoms with van der Waals surface area (Å²) in [6, 6.07) is 5.70. The van der Waals surface area contributed by atoms with Crippen LogP contribution in [0.2, 0.25) is 5.02 Å². The van der Waals surface area contributed by atoms with E-state index < -0.39 is 5.91 Å². The van der Waals surface area contributed by atoms with Gasteiger partial charge in [-0.1, -0.05) is 31.5 Å². The van der Waals surface area contributed by atoms with Crippen LogP contribution in [0.15, 0.2) is 28.4 Å². The van der Waals surface area contributed by atoms with Crippen LogP contribution in [0.1, 0.15) is 37.6 Å². The molecule has 2 N–H and O–H groups in total. The number of aromatic nitrogens is 2. The molecule has 1 amide bonds. The van der Waals surface area contributed by atoms with Crippen molar-refractivity contribution < 1.29 is 4.79 Å². The summed E-state index contributed by atoms with van der Waals surface area (Å²) in [4.78, 5) is 29.8. The van der Waals surface area contributed by atoms with E-state index in [2.05, 4.69) is 0 Å². The number of hydrogen-bond donors (Lipinski definition) is 1. The average Bonchev–Trinajstić information content (AvgIpc) is 3.00. The molecule has 0 saturated carbocycles. The lowest BCUT2D eigenvalue weighted by Crippen LogP contribution is -2.28. The second-order valence-electron chi connectivity index (χ2n) is 6.59. The molecule has 7 heteroatoms. The summed E-state index contributed by atoms with van der Waals surface area (Å²) in [6.45, 7) is 6.12. The molecule has 3 aromatic rings. The minimum atomic E-state index is -0.439. The van der Waals surface area contributed by atoms with E-state index in [9.17, 15) is 9.59 Å². The van der Waals surface area contributed by atoms with Gasteiger partial charge in [-0.15, -0.1) is 11.3 Å². The maximum Gasteiger partial charge on any atom is 0.262 e. The first-order chi connectivity index (χ1) is 12.3. The van der Waals surface area contributed by atoms with Crippen molar-refractivity contribution in [1.29, 1.82) is 0 Å². The molecule has 2 aromatic heterocycles. The normalized spacial score (nSPS) is 11.4. The molecule has 2 heterocycles. The summed E-state index contributed by atoms with van der Waals surface area (Å²) >= 11 is 7.57. The van der Waals surface area contributed by atoms with Crippen LogP contribution in [0.4, 0.5) is 0 Å². The lowest BCUT2D eigenvalue weighted by Gasteiger charge is -2.14. The number of primary amides is 1. The SMILES string of the molecule is Cc1cc(-c2csc3nc(C(C)C)n(CCC(N)=O)c(=O)c23)ccc1Cl. The molecular formula is C19H20ClN3O2S. The Morgan fingerprint density at radius 1 is 1.38 bits per heavy atom. The zero-order valence-electron chi connectivity index (χ0n) is 14.9. The van der Waals surface area contributed by atoms with Gasteiger partial charge in [0.15, 0.2) is 0 Å². The van der Waals surface area contributed by atoms with E-state index in [-0.39, 0.29) is 24.4 Å². The van der Waals surface area contributed by atoms with Crippen molar-refractivity contribution in [2.24, 2.45) is 5.73 Å². The zero-order valence-corrected chi connectivity index (χ0v) is 16.4. The van der Waals surface area contributed by atoms with Crippen LogP contribution in [0, 0.1) is 6.92 Å². The van der Waals surface area contributed by atoms with Gasteiger partial charge in [0.05, 0.1) is 5.39 Å². The minimum Gasteiger partial charge on any atom is -0.370 e. The van der Waals surface area contributed by atoms with E-state index in [1.807, 2.05) is 44.4 Å². The molecule has 26 heavy (non-hydrogen) atoms.